The third kappa shape index (κ3) is 1.89. The van der Waals surface area contributed by atoms with Crippen molar-refractivity contribution in [1.29, 1.82) is 0 Å². The molecular weight excluding hydrogens is 238 g/mol. The topological polar surface area (TPSA) is 33.5 Å². The van der Waals surface area contributed by atoms with Crippen molar-refractivity contribution < 1.29 is 9.21 Å². The lowest BCUT2D eigenvalue weighted by Crippen LogP contribution is -2.36. The van der Waals surface area contributed by atoms with E-state index >= 15 is 0 Å². The maximum Gasteiger partial charge on any atom is 0.211 e. The Kier molecular flexibility index (Phi) is 2.49. The summed E-state index contributed by atoms with van der Waals surface area (Å²) in [6.07, 6.45) is 3.89. The lowest BCUT2D eigenvalue weighted by Gasteiger charge is -2.25. The summed E-state index contributed by atoms with van der Waals surface area (Å²) < 4.78 is 5.64. The molecule has 1 saturated carbocycles. The van der Waals surface area contributed by atoms with Crippen LogP contribution in [0, 0.1) is 5.92 Å². The monoisotopic (exact) mass is 255 g/mol. The number of hydrogen-bond acceptors (Lipinski definition) is 3. The minimum atomic E-state index is 0.115. The van der Waals surface area contributed by atoms with Crippen molar-refractivity contribution in [2.24, 2.45) is 5.92 Å². The van der Waals surface area contributed by atoms with Crippen LogP contribution < -0.4 is 0 Å². The summed E-state index contributed by atoms with van der Waals surface area (Å²) >= 11 is 0. The molecule has 3 nitrogen and oxygen atoms in total. The predicted octanol–water partition coefficient (Wildman–Crippen LogP) is 3.10. The number of rotatable bonds is 3. The van der Waals surface area contributed by atoms with Crippen LogP contribution in [0.25, 0.3) is 11.0 Å². The molecule has 3 heteroatoms. The van der Waals surface area contributed by atoms with Gasteiger partial charge in [0, 0.05) is 18.0 Å². The van der Waals surface area contributed by atoms with E-state index in [2.05, 4.69) is 4.90 Å². The van der Waals surface area contributed by atoms with Crippen molar-refractivity contribution in [3.63, 3.8) is 0 Å². The maximum absolute atomic E-state index is 12.3. The van der Waals surface area contributed by atoms with E-state index in [4.69, 9.17) is 4.42 Å². The van der Waals surface area contributed by atoms with E-state index in [0.29, 0.717) is 18.3 Å². The Morgan fingerprint density at radius 1 is 1.32 bits per heavy atom. The first-order valence-electron chi connectivity index (χ1n) is 7.05. The molecule has 1 aromatic carbocycles. The molecule has 0 spiro atoms. The first-order chi connectivity index (χ1) is 9.29. The zero-order valence-electron chi connectivity index (χ0n) is 10.8. The van der Waals surface area contributed by atoms with Crippen molar-refractivity contribution in [2.45, 2.75) is 25.3 Å². The molecule has 4 rings (SSSR count). The summed E-state index contributed by atoms with van der Waals surface area (Å²) in [6, 6.07) is 10.3. The molecule has 98 valence electrons. The highest BCUT2D eigenvalue weighted by atomic mass is 16.3. The van der Waals surface area contributed by atoms with Gasteiger partial charge >= 0.3 is 0 Å². The van der Waals surface area contributed by atoms with Gasteiger partial charge in [0.2, 0.25) is 5.78 Å². The average molecular weight is 255 g/mol. The Bertz CT molecular complexity index is 597. The number of piperidine rings is 1. The van der Waals surface area contributed by atoms with Gasteiger partial charge in [-0.1, -0.05) is 18.2 Å². The van der Waals surface area contributed by atoms with E-state index in [0.717, 1.165) is 23.4 Å². The van der Waals surface area contributed by atoms with Gasteiger partial charge in [-0.3, -0.25) is 9.69 Å². The van der Waals surface area contributed by atoms with Crippen LogP contribution in [0.15, 0.2) is 34.7 Å². The zero-order chi connectivity index (χ0) is 12.8. The molecule has 2 atom stereocenters. The molecule has 1 saturated heterocycles. The van der Waals surface area contributed by atoms with Gasteiger partial charge in [-0.2, -0.15) is 0 Å². The van der Waals surface area contributed by atoms with Gasteiger partial charge in [0.15, 0.2) is 5.76 Å². The van der Waals surface area contributed by atoms with Crippen molar-refractivity contribution in [1.82, 2.24) is 4.90 Å². The number of furan rings is 1. The van der Waals surface area contributed by atoms with E-state index < -0.39 is 0 Å². The fourth-order valence-electron chi connectivity index (χ4n) is 3.60. The van der Waals surface area contributed by atoms with Crippen molar-refractivity contribution in [3.05, 3.63) is 36.1 Å². The molecule has 2 fully saturated rings. The summed E-state index contributed by atoms with van der Waals surface area (Å²) in [5.41, 5.74) is 0.800. The van der Waals surface area contributed by atoms with Gasteiger partial charge in [0.05, 0.1) is 6.54 Å². The quantitative estimate of drug-likeness (QED) is 0.790. The third-order valence-electron chi connectivity index (χ3n) is 4.57. The number of ketones is 1. The largest absolute Gasteiger partial charge is 0.453 e. The SMILES string of the molecule is O=C(CN1CC2CCC1C2)c1cc2ccccc2o1. The molecule has 0 amide bonds. The first-order valence-corrected chi connectivity index (χ1v) is 7.05. The fourth-order valence-corrected chi connectivity index (χ4v) is 3.60. The minimum absolute atomic E-state index is 0.115. The Labute approximate surface area is 112 Å². The number of benzene rings is 1. The maximum atomic E-state index is 12.3. The number of carbonyl (C=O) groups excluding carboxylic acids is 1. The first kappa shape index (κ1) is 11.2. The van der Waals surface area contributed by atoms with Crippen LogP contribution in [0.2, 0.25) is 0 Å². The minimum Gasteiger partial charge on any atom is -0.453 e. The Hall–Kier alpha value is -1.61. The average Bonchev–Trinajstić information content (AvgIpc) is 3.12. The van der Waals surface area contributed by atoms with Crippen molar-refractivity contribution in [3.8, 4) is 0 Å². The predicted molar refractivity (Wildman–Crippen MR) is 73.2 cm³/mol. The van der Waals surface area contributed by atoms with Gasteiger partial charge in [-0.05, 0) is 37.3 Å². The fraction of sp³-hybridized carbons (Fsp3) is 0.438. The molecule has 2 bridgehead atoms. The second kappa shape index (κ2) is 4.20. The van der Waals surface area contributed by atoms with E-state index in [9.17, 15) is 4.79 Å². The van der Waals surface area contributed by atoms with Crippen LogP contribution >= 0.6 is 0 Å². The summed E-state index contributed by atoms with van der Waals surface area (Å²) in [5.74, 6) is 1.45. The molecule has 1 aromatic heterocycles. The molecule has 0 N–H and O–H groups in total. The van der Waals surface area contributed by atoms with Gasteiger partial charge < -0.3 is 4.42 Å². The second-order valence-electron chi connectivity index (χ2n) is 5.83. The molecule has 2 aliphatic rings. The van der Waals surface area contributed by atoms with E-state index in [1.54, 1.807) is 0 Å². The van der Waals surface area contributed by atoms with Crippen LogP contribution in [0.1, 0.15) is 29.8 Å². The zero-order valence-corrected chi connectivity index (χ0v) is 10.8. The summed E-state index contributed by atoms with van der Waals surface area (Å²) in [7, 11) is 0. The molecular formula is C16H17NO2. The van der Waals surface area contributed by atoms with Crippen LogP contribution in [0.4, 0.5) is 0 Å². The van der Waals surface area contributed by atoms with Crippen LogP contribution in [0.5, 0.6) is 0 Å². The van der Waals surface area contributed by atoms with Gasteiger partial charge in [0.25, 0.3) is 0 Å². The second-order valence-corrected chi connectivity index (χ2v) is 5.83. The number of carbonyl (C=O) groups is 1. The highest BCUT2D eigenvalue weighted by Crippen LogP contribution is 2.37. The summed E-state index contributed by atoms with van der Waals surface area (Å²) in [6.45, 7) is 1.61. The number of Topliss-reactive ketones (excluding diaryl/α,β-unsaturated/α-hetero) is 1. The molecule has 2 aromatic rings. The number of hydrogen-bond donors (Lipinski definition) is 0. The molecule has 2 heterocycles. The molecule has 19 heavy (non-hydrogen) atoms. The summed E-state index contributed by atoms with van der Waals surface area (Å²) in [4.78, 5) is 14.6. The van der Waals surface area contributed by atoms with Crippen LogP contribution in [0.3, 0.4) is 0 Å². The van der Waals surface area contributed by atoms with Gasteiger partial charge in [0.1, 0.15) is 5.58 Å². The lowest BCUT2D eigenvalue weighted by atomic mass is 10.1. The Morgan fingerprint density at radius 3 is 2.95 bits per heavy atom. The van der Waals surface area contributed by atoms with Crippen molar-refractivity contribution >= 4 is 16.8 Å². The standard InChI is InChI=1S/C16H17NO2/c18-14(10-17-9-11-5-6-13(17)7-11)16-8-12-3-1-2-4-15(12)19-16/h1-4,8,11,13H,5-7,9-10H2. The number of nitrogens with zero attached hydrogens (tertiary/aromatic N) is 1. The molecule has 1 aliphatic heterocycles. The van der Waals surface area contributed by atoms with E-state index in [1.807, 2.05) is 30.3 Å². The molecule has 2 unspecified atom stereocenters. The van der Waals surface area contributed by atoms with Crippen molar-refractivity contribution in [2.75, 3.05) is 13.1 Å². The van der Waals surface area contributed by atoms with Gasteiger partial charge in [-0.25, -0.2) is 0 Å². The highest BCUT2D eigenvalue weighted by Gasteiger charge is 2.38. The van der Waals surface area contributed by atoms with Crippen LogP contribution in [-0.2, 0) is 0 Å². The Balaban J connectivity index is 1.53. The van der Waals surface area contributed by atoms with E-state index in [-0.39, 0.29) is 5.78 Å². The summed E-state index contributed by atoms with van der Waals surface area (Å²) in [5, 5.41) is 1.01. The van der Waals surface area contributed by atoms with E-state index in [1.165, 1.54) is 19.3 Å². The third-order valence-corrected chi connectivity index (χ3v) is 4.57. The van der Waals surface area contributed by atoms with Crippen LogP contribution in [-0.4, -0.2) is 29.8 Å². The molecule has 1 aliphatic carbocycles. The smallest absolute Gasteiger partial charge is 0.211 e. The number of likely N-dealkylation sites (tertiary alicyclic amines) is 1. The number of fused-ring (bicyclic) bond motifs is 3. The highest BCUT2D eigenvalue weighted by molar-refractivity contribution is 5.98. The lowest BCUT2D eigenvalue weighted by molar-refractivity contribution is 0.0879. The normalized spacial score (nSPS) is 26.3. The Morgan fingerprint density at radius 2 is 2.21 bits per heavy atom. The number of para-hydroxylation sites is 1. The van der Waals surface area contributed by atoms with Gasteiger partial charge in [-0.15, -0.1) is 0 Å². The molecule has 0 radical (unpaired) electrons.